The van der Waals surface area contributed by atoms with Crippen LogP contribution in [0.3, 0.4) is 0 Å². The number of hydrogen-bond acceptors (Lipinski definition) is 4. The number of hydrogen-bond donors (Lipinski definition) is 0. The van der Waals surface area contributed by atoms with E-state index in [0.717, 1.165) is 55.1 Å². The van der Waals surface area contributed by atoms with E-state index in [1.165, 1.54) is 26.9 Å². The number of furan rings is 1. The van der Waals surface area contributed by atoms with Gasteiger partial charge in [0.15, 0.2) is 17.5 Å². The summed E-state index contributed by atoms with van der Waals surface area (Å²) >= 11 is 0. The molecule has 0 fully saturated rings. The molecule has 10 rings (SSSR count). The minimum absolute atomic E-state index is 0.600. The molecule has 0 atom stereocenters. The molecule has 0 aliphatic carbocycles. The zero-order valence-corrected chi connectivity index (χ0v) is 26.3. The molecule has 0 saturated heterocycles. The van der Waals surface area contributed by atoms with Crippen molar-refractivity contribution in [2.45, 2.75) is 0 Å². The molecule has 8 aromatic carbocycles. The number of para-hydroxylation sites is 1. The van der Waals surface area contributed by atoms with E-state index in [2.05, 4.69) is 121 Å². The largest absolute Gasteiger partial charge is 0.456 e. The Kier molecular flexibility index (Phi) is 6.15. The average Bonchev–Trinajstić information content (AvgIpc) is 3.56. The molecule has 49 heavy (non-hydrogen) atoms. The Labute approximate surface area is 282 Å². The fraction of sp³-hybridized carbons (Fsp3) is 0. The van der Waals surface area contributed by atoms with Gasteiger partial charge in [0, 0.05) is 27.5 Å². The predicted molar refractivity (Wildman–Crippen MR) is 201 cm³/mol. The van der Waals surface area contributed by atoms with Gasteiger partial charge >= 0.3 is 0 Å². The van der Waals surface area contributed by atoms with Crippen LogP contribution in [-0.2, 0) is 0 Å². The van der Waals surface area contributed by atoms with Crippen molar-refractivity contribution in [1.82, 2.24) is 15.0 Å². The third kappa shape index (κ3) is 4.42. The smallest absolute Gasteiger partial charge is 0.164 e. The predicted octanol–water partition coefficient (Wildman–Crippen LogP) is 11.9. The maximum atomic E-state index is 6.28. The molecule has 2 heterocycles. The van der Waals surface area contributed by atoms with E-state index < -0.39 is 0 Å². The normalized spacial score (nSPS) is 11.7. The molecule has 4 nitrogen and oxygen atoms in total. The first kappa shape index (κ1) is 27.5. The summed E-state index contributed by atoms with van der Waals surface area (Å²) in [7, 11) is 0. The van der Waals surface area contributed by atoms with E-state index in [9.17, 15) is 0 Å². The summed E-state index contributed by atoms with van der Waals surface area (Å²) in [6.07, 6.45) is 0. The first-order valence-electron chi connectivity index (χ1n) is 16.5. The van der Waals surface area contributed by atoms with Crippen LogP contribution in [0.2, 0.25) is 0 Å². The van der Waals surface area contributed by atoms with Gasteiger partial charge in [-0.3, -0.25) is 0 Å². The molecule has 0 amide bonds. The van der Waals surface area contributed by atoms with Crippen LogP contribution < -0.4 is 0 Å². The fourth-order valence-electron chi connectivity index (χ4n) is 7.30. The Balaban J connectivity index is 1.28. The zero-order chi connectivity index (χ0) is 32.3. The molecule has 2 aromatic heterocycles. The number of rotatable bonds is 4. The first-order valence-corrected chi connectivity index (χ1v) is 16.5. The quantitative estimate of drug-likeness (QED) is 0.183. The maximum absolute atomic E-state index is 6.28. The van der Waals surface area contributed by atoms with Gasteiger partial charge in [-0.15, -0.1) is 0 Å². The lowest BCUT2D eigenvalue weighted by Gasteiger charge is -2.14. The molecule has 0 spiro atoms. The third-order valence-corrected chi connectivity index (χ3v) is 9.54. The van der Waals surface area contributed by atoms with E-state index >= 15 is 0 Å². The minimum Gasteiger partial charge on any atom is -0.456 e. The second-order valence-electron chi connectivity index (χ2n) is 12.3. The van der Waals surface area contributed by atoms with Crippen LogP contribution in [0.15, 0.2) is 168 Å². The molecule has 10 aromatic rings. The highest BCUT2D eigenvalue weighted by Gasteiger charge is 2.20. The van der Waals surface area contributed by atoms with Crippen molar-refractivity contribution in [3.8, 4) is 45.3 Å². The van der Waals surface area contributed by atoms with Gasteiger partial charge in [-0.1, -0.05) is 152 Å². The van der Waals surface area contributed by atoms with E-state index in [-0.39, 0.29) is 0 Å². The molecule has 0 N–H and O–H groups in total. The van der Waals surface area contributed by atoms with Gasteiger partial charge in [0.25, 0.3) is 0 Å². The van der Waals surface area contributed by atoms with Crippen molar-refractivity contribution in [1.29, 1.82) is 0 Å². The molecular formula is C45H27N3O. The Morgan fingerprint density at radius 3 is 1.76 bits per heavy atom. The van der Waals surface area contributed by atoms with Crippen LogP contribution in [0.25, 0.3) is 99.5 Å². The molecule has 0 aliphatic rings. The van der Waals surface area contributed by atoms with Gasteiger partial charge in [0.05, 0.1) is 0 Å². The highest BCUT2D eigenvalue weighted by atomic mass is 16.3. The first-order chi connectivity index (χ1) is 24.3. The summed E-state index contributed by atoms with van der Waals surface area (Å²) in [5, 5.41) is 9.18. The molecule has 0 radical (unpaired) electrons. The van der Waals surface area contributed by atoms with Crippen LogP contribution in [-0.4, -0.2) is 15.0 Å². The topological polar surface area (TPSA) is 51.8 Å². The lowest BCUT2D eigenvalue weighted by atomic mass is 9.94. The summed E-state index contributed by atoms with van der Waals surface area (Å²) in [5.41, 5.74) is 6.61. The fourth-order valence-corrected chi connectivity index (χ4v) is 7.30. The summed E-state index contributed by atoms with van der Waals surface area (Å²) in [4.78, 5) is 15.8. The Hall–Kier alpha value is -6.65. The van der Waals surface area contributed by atoms with Crippen LogP contribution in [0.1, 0.15) is 0 Å². The average molecular weight is 626 g/mol. The maximum Gasteiger partial charge on any atom is 0.164 e. The molecule has 228 valence electrons. The summed E-state index contributed by atoms with van der Waals surface area (Å²) in [6, 6.07) is 56.8. The second kappa shape index (κ2) is 11.0. The Bertz CT molecular complexity index is 2890. The zero-order valence-electron chi connectivity index (χ0n) is 26.3. The molecule has 0 bridgehead atoms. The van der Waals surface area contributed by atoms with Crippen molar-refractivity contribution in [2.24, 2.45) is 0 Å². The van der Waals surface area contributed by atoms with E-state index in [1.54, 1.807) is 0 Å². The van der Waals surface area contributed by atoms with Gasteiger partial charge in [-0.2, -0.15) is 0 Å². The minimum atomic E-state index is 0.600. The van der Waals surface area contributed by atoms with Gasteiger partial charge in [0.1, 0.15) is 11.2 Å². The van der Waals surface area contributed by atoms with E-state index in [0.29, 0.717) is 17.5 Å². The van der Waals surface area contributed by atoms with Gasteiger partial charge in [-0.25, -0.2) is 15.0 Å². The summed E-state index contributed by atoms with van der Waals surface area (Å²) in [6.45, 7) is 0. The van der Waals surface area contributed by atoms with Crippen molar-refractivity contribution >= 4 is 54.3 Å². The van der Waals surface area contributed by atoms with Gasteiger partial charge < -0.3 is 4.42 Å². The standard InChI is InChI=1S/C45H27N3O/c1-2-12-28(13-3-1)31-15-6-7-17-35(31)43-46-44(48-45(47-43)38-21-11-23-40-42(38)37-18-8-9-22-39(37)49-40)36-20-10-19-34-33(36)27-26-30-25-24-29-14-4-5-16-32(29)41(30)34/h1-27H. The highest BCUT2D eigenvalue weighted by Crippen LogP contribution is 2.40. The molecular weight excluding hydrogens is 599 g/mol. The Morgan fingerprint density at radius 2 is 0.878 bits per heavy atom. The van der Waals surface area contributed by atoms with Crippen molar-refractivity contribution in [3.63, 3.8) is 0 Å². The molecule has 0 unspecified atom stereocenters. The van der Waals surface area contributed by atoms with Crippen LogP contribution >= 0.6 is 0 Å². The van der Waals surface area contributed by atoms with Crippen molar-refractivity contribution in [3.05, 3.63) is 164 Å². The van der Waals surface area contributed by atoms with E-state index in [4.69, 9.17) is 19.4 Å². The molecule has 0 saturated carbocycles. The Morgan fingerprint density at radius 1 is 0.306 bits per heavy atom. The number of aromatic nitrogens is 3. The van der Waals surface area contributed by atoms with Crippen LogP contribution in [0.4, 0.5) is 0 Å². The summed E-state index contributed by atoms with van der Waals surface area (Å²) in [5.74, 6) is 1.84. The number of fused-ring (bicyclic) bond motifs is 8. The lowest BCUT2D eigenvalue weighted by molar-refractivity contribution is 0.669. The van der Waals surface area contributed by atoms with Gasteiger partial charge in [0.2, 0.25) is 0 Å². The third-order valence-electron chi connectivity index (χ3n) is 9.54. The second-order valence-corrected chi connectivity index (χ2v) is 12.3. The molecule has 0 aliphatic heterocycles. The highest BCUT2D eigenvalue weighted by molar-refractivity contribution is 6.22. The van der Waals surface area contributed by atoms with E-state index in [1.807, 2.05) is 42.5 Å². The van der Waals surface area contributed by atoms with Crippen molar-refractivity contribution < 1.29 is 4.42 Å². The number of nitrogens with zero attached hydrogens (tertiary/aromatic N) is 3. The van der Waals surface area contributed by atoms with Crippen molar-refractivity contribution in [2.75, 3.05) is 0 Å². The SMILES string of the molecule is c1ccc(-c2ccccc2-c2nc(-c3cccc4c3ccc3ccc5ccccc5c34)nc(-c3cccc4oc5ccccc5c34)n2)cc1. The van der Waals surface area contributed by atoms with Crippen LogP contribution in [0.5, 0.6) is 0 Å². The van der Waals surface area contributed by atoms with Gasteiger partial charge in [-0.05, 0) is 55.6 Å². The monoisotopic (exact) mass is 625 g/mol. The van der Waals surface area contributed by atoms with Crippen LogP contribution in [0, 0.1) is 0 Å². The molecule has 4 heteroatoms. The summed E-state index contributed by atoms with van der Waals surface area (Å²) < 4.78 is 6.28. The lowest BCUT2D eigenvalue weighted by Crippen LogP contribution is -2.01. The number of benzene rings is 8.